The van der Waals surface area contributed by atoms with Crippen LogP contribution in [0.5, 0.6) is 0 Å². The average molecular weight is 269 g/mol. The fraction of sp³-hybridized carbons (Fsp3) is 0.571. The van der Waals surface area contributed by atoms with Gasteiger partial charge in [0, 0.05) is 6.54 Å². The summed E-state index contributed by atoms with van der Waals surface area (Å²) in [6, 6.07) is 2.48. The number of hydrogen-bond donors (Lipinski definition) is 1. The van der Waals surface area contributed by atoms with E-state index < -0.39 is 11.6 Å². The number of rotatable bonds is 2. The quantitative estimate of drug-likeness (QED) is 0.893. The molecule has 1 saturated carbocycles. The lowest BCUT2D eigenvalue weighted by Crippen LogP contribution is -2.49. The summed E-state index contributed by atoms with van der Waals surface area (Å²) in [6.07, 6.45) is 2.99. The number of nitrogens with zero attached hydrogens (tertiary/aromatic N) is 1. The van der Waals surface area contributed by atoms with Crippen molar-refractivity contribution in [2.75, 3.05) is 18.1 Å². The maximum Gasteiger partial charge on any atom is 0.149 e. The van der Waals surface area contributed by atoms with Crippen LogP contribution >= 0.6 is 0 Å². The van der Waals surface area contributed by atoms with E-state index in [1.165, 1.54) is 12.1 Å². The standard InChI is InChI=1S/C14H17F2NO2/c15-10-6-9(8-18)7-11(16)14(10)17-4-5-19-13-3-1-2-12(13)17/h6-7,12-13,18H,1-5,8H2. The van der Waals surface area contributed by atoms with Gasteiger partial charge in [-0.2, -0.15) is 0 Å². The fourth-order valence-electron chi connectivity index (χ4n) is 3.19. The molecule has 1 N–H and O–H groups in total. The maximum atomic E-state index is 14.1. The summed E-state index contributed by atoms with van der Waals surface area (Å²) in [5, 5.41) is 8.97. The molecule has 1 aromatic rings. The second-order valence-corrected chi connectivity index (χ2v) is 5.17. The van der Waals surface area contributed by atoms with E-state index in [-0.39, 0.29) is 30.0 Å². The SMILES string of the molecule is OCc1cc(F)c(N2CCOC3CCCC32)c(F)c1. The Morgan fingerprint density at radius 1 is 1.26 bits per heavy atom. The zero-order chi connectivity index (χ0) is 13.4. The number of anilines is 1. The van der Waals surface area contributed by atoms with E-state index in [2.05, 4.69) is 0 Å². The lowest BCUT2D eigenvalue weighted by molar-refractivity contribution is 0.0251. The van der Waals surface area contributed by atoms with Gasteiger partial charge in [0.15, 0.2) is 0 Å². The van der Waals surface area contributed by atoms with Crippen LogP contribution in [-0.4, -0.2) is 30.4 Å². The number of aliphatic hydroxyl groups excluding tert-OH is 1. The molecule has 5 heteroatoms. The van der Waals surface area contributed by atoms with E-state index in [1.807, 2.05) is 0 Å². The van der Waals surface area contributed by atoms with Gasteiger partial charge in [0.05, 0.1) is 25.4 Å². The van der Waals surface area contributed by atoms with Crippen LogP contribution < -0.4 is 4.90 Å². The molecule has 3 nitrogen and oxygen atoms in total. The van der Waals surface area contributed by atoms with Crippen LogP contribution in [0.2, 0.25) is 0 Å². The molecule has 0 radical (unpaired) electrons. The predicted octanol–water partition coefficient (Wildman–Crippen LogP) is 2.21. The van der Waals surface area contributed by atoms with Crippen molar-refractivity contribution in [2.24, 2.45) is 0 Å². The number of morpholine rings is 1. The molecular formula is C14H17F2NO2. The van der Waals surface area contributed by atoms with Crippen molar-refractivity contribution in [2.45, 2.75) is 38.0 Å². The van der Waals surface area contributed by atoms with Crippen LogP contribution in [0, 0.1) is 11.6 Å². The van der Waals surface area contributed by atoms with Crippen LogP contribution in [0.4, 0.5) is 14.5 Å². The predicted molar refractivity (Wildman–Crippen MR) is 67.0 cm³/mol. The summed E-state index contributed by atoms with van der Waals surface area (Å²) in [6.45, 7) is 0.651. The monoisotopic (exact) mass is 269 g/mol. The molecule has 3 rings (SSSR count). The minimum Gasteiger partial charge on any atom is -0.392 e. The van der Waals surface area contributed by atoms with Crippen molar-refractivity contribution in [3.8, 4) is 0 Å². The zero-order valence-corrected chi connectivity index (χ0v) is 10.6. The molecule has 2 aliphatic rings. The van der Waals surface area contributed by atoms with Gasteiger partial charge in [-0.3, -0.25) is 0 Å². The summed E-state index contributed by atoms with van der Waals surface area (Å²) < 4.78 is 33.9. The van der Waals surface area contributed by atoms with Crippen molar-refractivity contribution in [3.05, 3.63) is 29.3 Å². The Hall–Kier alpha value is -1.20. The Morgan fingerprint density at radius 2 is 2.00 bits per heavy atom. The van der Waals surface area contributed by atoms with Gasteiger partial charge in [-0.1, -0.05) is 0 Å². The van der Waals surface area contributed by atoms with Gasteiger partial charge < -0.3 is 14.7 Å². The Morgan fingerprint density at radius 3 is 2.68 bits per heavy atom. The fourth-order valence-corrected chi connectivity index (χ4v) is 3.19. The lowest BCUT2D eigenvalue weighted by Gasteiger charge is -2.39. The topological polar surface area (TPSA) is 32.7 Å². The van der Waals surface area contributed by atoms with E-state index in [9.17, 15) is 8.78 Å². The van der Waals surface area contributed by atoms with Gasteiger partial charge in [-0.15, -0.1) is 0 Å². The number of benzene rings is 1. The number of aliphatic hydroxyl groups is 1. The van der Waals surface area contributed by atoms with Crippen LogP contribution in [0.3, 0.4) is 0 Å². The van der Waals surface area contributed by atoms with Crippen LogP contribution in [-0.2, 0) is 11.3 Å². The van der Waals surface area contributed by atoms with E-state index in [4.69, 9.17) is 9.84 Å². The van der Waals surface area contributed by atoms with Crippen molar-refractivity contribution in [1.29, 1.82) is 0 Å². The minimum absolute atomic E-state index is 0.0254. The first-order valence-electron chi connectivity index (χ1n) is 6.67. The first-order valence-corrected chi connectivity index (χ1v) is 6.67. The second kappa shape index (κ2) is 5.06. The van der Waals surface area contributed by atoms with Crippen LogP contribution in [0.1, 0.15) is 24.8 Å². The van der Waals surface area contributed by atoms with E-state index >= 15 is 0 Å². The molecule has 104 valence electrons. The molecule has 2 fully saturated rings. The summed E-state index contributed by atoms with van der Waals surface area (Å²) in [5.74, 6) is -1.20. The van der Waals surface area contributed by atoms with Crippen molar-refractivity contribution in [1.82, 2.24) is 0 Å². The molecule has 1 aliphatic heterocycles. The summed E-state index contributed by atoms with van der Waals surface area (Å²) in [5.41, 5.74) is 0.285. The molecule has 0 spiro atoms. The maximum absolute atomic E-state index is 14.1. The highest BCUT2D eigenvalue weighted by Crippen LogP contribution is 2.35. The van der Waals surface area contributed by atoms with Gasteiger partial charge in [-0.05, 0) is 37.0 Å². The van der Waals surface area contributed by atoms with Gasteiger partial charge in [0.1, 0.15) is 17.3 Å². The van der Waals surface area contributed by atoms with Crippen molar-refractivity contribution >= 4 is 5.69 Å². The van der Waals surface area contributed by atoms with E-state index in [0.717, 1.165) is 19.3 Å². The van der Waals surface area contributed by atoms with Crippen molar-refractivity contribution < 1.29 is 18.6 Å². The first-order chi connectivity index (χ1) is 9.20. The molecule has 1 saturated heterocycles. The molecule has 1 heterocycles. The van der Waals surface area contributed by atoms with Crippen LogP contribution in [0.15, 0.2) is 12.1 Å². The van der Waals surface area contributed by atoms with Crippen LogP contribution in [0.25, 0.3) is 0 Å². The molecule has 1 aromatic carbocycles. The highest BCUT2D eigenvalue weighted by atomic mass is 19.1. The average Bonchev–Trinajstić information content (AvgIpc) is 2.86. The van der Waals surface area contributed by atoms with E-state index in [1.54, 1.807) is 4.90 Å². The largest absolute Gasteiger partial charge is 0.392 e. The summed E-state index contributed by atoms with van der Waals surface area (Å²) in [4.78, 5) is 1.80. The molecule has 19 heavy (non-hydrogen) atoms. The minimum atomic E-state index is -0.600. The molecular weight excluding hydrogens is 252 g/mol. The van der Waals surface area contributed by atoms with Gasteiger partial charge in [-0.25, -0.2) is 8.78 Å². The Labute approximate surface area is 110 Å². The normalized spacial score (nSPS) is 26.6. The molecule has 1 aliphatic carbocycles. The van der Waals surface area contributed by atoms with Crippen molar-refractivity contribution in [3.63, 3.8) is 0 Å². The zero-order valence-electron chi connectivity index (χ0n) is 10.6. The number of halogens is 2. The number of fused-ring (bicyclic) bond motifs is 1. The summed E-state index contributed by atoms with van der Waals surface area (Å²) >= 11 is 0. The Bertz CT molecular complexity index is 458. The van der Waals surface area contributed by atoms with Gasteiger partial charge in [0.2, 0.25) is 0 Å². The highest BCUT2D eigenvalue weighted by Gasteiger charge is 2.38. The highest BCUT2D eigenvalue weighted by molar-refractivity contribution is 5.52. The number of hydrogen-bond acceptors (Lipinski definition) is 3. The second-order valence-electron chi connectivity index (χ2n) is 5.17. The molecule has 0 aromatic heterocycles. The molecule has 2 unspecified atom stereocenters. The molecule has 0 bridgehead atoms. The lowest BCUT2D eigenvalue weighted by atomic mass is 10.1. The molecule has 2 atom stereocenters. The van der Waals surface area contributed by atoms with Gasteiger partial charge >= 0.3 is 0 Å². The first kappa shape index (κ1) is 12.8. The smallest absolute Gasteiger partial charge is 0.149 e. The Balaban J connectivity index is 1.97. The summed E-state index contributed by atoms with van der Waals surface area (Å²) in [7, 11) is 0. The number of ether oxygens (including phenoxy) is 1. The van der Waals surface area contributed by atoms with Gasteiger partial charge in [0.25, 0.3) is 0 Å². The third-order valence-electron chi connectivity index (χ3n) is 4.03. The third-order valence-corrected chi connectivity index (χ3v) is 4.03. The Kier molecular flexibility index (Phi) is 3.41. The van der Waals surface area contributed by atoms with E-state index in [0.29, 0.717) is 13.2 Å². The third kappa shape index (κ3) is 2.21. The molecule has 0 amide bonds.